The summed E-state index contributed by atoms with van der Waals surface area (Å²) in [4.78, 5) is 14.3. The molecule has 1 fully saturated rings. The highest BCUT2D eigenvalue weighted by molar-refractivity contribution is 6.01. The average Bonchev–Trinajstić information content (AvgIpc) is 2.83. The quantitative estimate of drug-likeness (QED) is 0.863. The zero-order valence-corrected chi connectivity index (χ0v) is 13.1. The molecule has 1 saturated heterocycles. The Morgan fingerprint density at radius 2 is 2.04 bits per heavy atom. The number of carbonyl (C=O) groups is 1. The Bertz CT molecular complexity index is 721. The molecule has 0 aliphatic carbocycles. The molecule has 1 aliphatic rings. The SMILES string of the molecule is Cc1ccccc1-c1noc(C)c1C(=O)N1CC(CC(F)F)C1. The first kappa shape index (κ1) is 15.6. The summed E-state index contributed by atoms with van der Waals surface area (Å²) in [6.45, 7) is 4.36. The Kier molecular flexibility index (Phi) is 4.15. The summed E-state index contributed by atoms with van der Waals surface area (Å²) < 4.78 is 30.0. The number of carbonyl (C=O) groups excluding carboxylic acids is 1. The lowest BCUT2D eigenvalue weighted by molar-refractivity contribution is 0.0279. The van der Waals surface area contributed by atoms with E-state index in [4.69, 9.17) is 4.52 Å². The summed E-state index contributed by atoms with van der Waals surface area (Å²) in [5.41, 5.74) is 2.78. The molecule has 23 heavy (non-hydrogen) atoms. The lowest BCUT2D eigenvalue weighted by Gasteiger charge is -2.39. The summed E-state index contributed by atoms with van der Waals surface area (Å²) in [5.74, 6) is 0.124. The van der Waals surface area contributed by atoms with Gasteiger partial charge in [0.25, 0.3) is 5.91 Å². The van der Waals surface area contributed by atoms with Gasteiger partial charge in [0.05, 0.1) is 0 Å². The van der Waals surface area contributed by atoms with Crippen LogP contribution in [0.15, 0.2) is 28.8 Å². The molecule has 122 valence electrons. The number of nitrogens with zero attached hydrogens (tertiary/aromatic N) is 2. The molecular formula is C17H18F2N2O2. The van der Waals surface area contributed by atoms with Crippen molar-refractivity contribution >= 4 is 5.91 Å². The van der Waals surface area contributed by atoms with Gasteiger partial charge in [-0.3, -0.25) is 4.79 Å². The van der Waals surface area contributed by atoms with E-state index >= 15 is 0 Å². The number of likely N-dealkylation sites (tertiary alicyclic amines) is 1. The van der Waals surface area contributed by atoms with E-state index in [1.54, 1.807) is 11.8 Å². The minimum absolute atomic E-state index is 0.124. The largest absolute Gasteiger partial charge is 0.360 e. The minimum atomic E-state index is -2.32. The van der Waals surface area contributed by atoms with Gasteiger partial charge in [0.1, 0.15) is 17.0 Å². The third-order valence-corrected chi connectivity index (χ3v) is 4.23. The van der Waals surface area contributed by atoms with Crippen molar-refractivity contribution in [2.45, 2.75) is 26.7 Å². The number of hydrogen-bond donors (Lipinski definition) is 0. The van der Waals surface area contributed by atoms with Gasteiger partial charge in [0, 0.05) is 25.1 Å². The Morgan fingerprint density at radius 1 is 1.35 bits per heavy atom. The zero-order valence-electron chi connectivity index (χ0n) is 13.1. The molecule has 1 aromatic heterocycles. The second-order valence-electron chi connectivity index (χ2n) is 5.98. The second-order valence-corrected chi connectivity index (χ2v) is 5.98. The smallest absolute Gasteiger partial charge is 0.259 e. The lowest BCUT2D eigenvalue weighted by Crippen LogP contribution is -2.50. The molecule has 1 aliphatic heterocycles. The van der Waals surface area contributed by atoms with Crippen molar-refractivity contribution in [1.82, 2.24) is 10.1 Å². The average molecular weight is 320 g/mol. The third-order valence-electron chi connectivity index (χ3n) is 4.23. The first-order chi connectivity index (χ1) is 11.0. The number of hydrogen-bond acceptors (Lipinski definition) is 3. The molecule has 2 aromatic rings. The monoisotopic (exact) mass is 320 g/mol. The summed E-state index contributed by atoms with van der Waals surface area (Å²) >= 11 is 0. The summed E-state index contributed by atoms with van der Waals surface area (Å²) in [6, 6.07) is 7.62. The molecule has 2 heterocycles. The number of benzene rings is 1. The van der Waals surface area contributed by atoms with Crippen LogP contribution in [0.2, 0.25) is 0 Å². The molecule has 0 unspecified atom stereocenters. The van der Waals surface area contributed by atoms with Gasteiger partial charge in [-0.2, -0.15) is 0 Å². The van der Waals surface area contributed by atoms with E-state index in [1.165, 1.54) is 0 Å². The molecule has 0 spiro atoms. The zero-order chi connectivity index (χ0) is 16.6. The minimum Gasteiger partial charge on any atom is -0.360 e. The lowest BCUT2D eigenvalue weighted by atomic mass is 9.94. The van der Waals surface area contributed by atoms with Crippen molar-refractivity contribution in [3.05, 3.63) is 41.2 Å². The maximum Gasteiger partial charge on any atom is 0.259 e. The fourth-order valence-electron chi connectivity index (χ4n) is 2.94. The normalized spacial score (nSPS) is 15.1. The van der Waals surface area contributed by atoms with Crippen LogP contribution in [-0.2, 0) is 0 Å². The predicted molar refractivity (Wildman–Crippen MR) is 81.4 cm³/mol. The number of aromatic nitrogens is 1. The highest BCUT2D eigenvalue weighted by Crippen LogP contribution is 2.31. The summed E-state index contributed by atoms with van der Waals surface area (Å²) in [5, 5.41) is 4.03. The molecule has 1 amide bonds. The van der Waals surface area contributed by atoms with Gasteiger partial charge in [-0.05, 0) is 25.3 Å². The fourth-order valence-corrected chi connectivity index (χ4v) is 2.94. The van der Waals surface area contributed by atoms with Crippen molar-refractivity contribution in [2.24, 2.45) is 5.92 Å². The molecule has 3 rings (SSSR count). The molecule has 0 radical (unpaired) electrons. The van der Waals surface area contributed by atoms with Crippen LogP contribution in [0.5, 0.6) is 0 Å². The van der Waals surface area contributed by atoms with Crippen LogP contribution < -0.4 is 0 Å². The third kappa shape index (κ3) is 2.98. The molecule has 4 nitrogen and oxygen atoms in total. The van der Waals surface area contributed by atoms with E-state index in [2.05, 4.69) is 5.16 Å². The van der Waals surface area contributed by atoms with Crippen molar-refractivity contribution < 1.29 is 18.1 Å². The van der Waals surface area contributed by atoms with Gasteiger partial charge >= 0.3 is 0 Å². The van der Waals surface area contributed by atoms with Gasteiger partial charge in [0.15, 0.2) is 0 Å². The van der Waals surface area contributed by atoms with Gasteiger partial charge in [-0.1, -0.05) is 29.4 Å². The molecule has 6 heteroatoms. The van der Waals surface area contributed by atoms with E-state index < -0.39 is 6.43 Å². The number of halogens is 2. The van der Waals surface area contributed by atoms with Crippen LogP contribution in [0.25, 0.3) is 11.3 Å². The van der Waals surface area contributed by atoms with E-state index in [9.17, 15) is 13.6 Å². The van der Waals surface area contributed by atoms with Gasteiger partial charge in [0.2, 0.25) is 6.43 Å². The highest BCUT2D eigenvalue weighted by atomic mass is 19.3. The topological polar surface area (TPSA) is 46.3 Å². The van der Waals surface area contributed by atoms with Gasteiger partial charge in [-0.25, -0.2) is 8.78 Å². The molecule has 0 atom stereocenters. The van der Waals surface area contributed by atoms with Crippen molar-refractivity contribution in [3.8, 4) is 11.3 Å². The summed E-state index contributed by atoms with van der Waals surface area (Å²) in [6.07, 6.45) is -2.48. The number of aryl methyl sites for hydroxylation is 2. The van der Waals surface area contributed by atoms with E-state index in [1.807, 2.05) is 31.2 Å². The first-order valence-electron chi connectivity index (χ1n) is 7.57. The molecule has 1 aromatic carbocycles. The summed E-state index contributed by atoms with van der Waals surface area (Å²) in [7, 11) is 0. The highest BCUT2D eigenvalue weighted by Gasteiger charge is 2.36. The molecular weight excluding hydrogens is 302 g/mol. The van der Waals surface area contributed by atoms with Crippen LogP contribution in [-0.4, -0.2) is 35.5 Å². The molecule has 0 saturated carbocycles. The Hall–Kier alpha value is -2.24. The van der Waals surface area contributed by atoms with E-state index in [0.29, 0.717) is 30.1 Å². The van der Waals surface area contributed by atoms with Crippen molar-refractivity contribution in [2.75, 3.05) is 13.1 Å². The number of alkyl halides is 2. The van der Waals surface area contributed by atoms with Crippen LogP contribution in [0.3, 0.4) is 0 Å². The van der Waals surface area contributed by atoms with Crippen molar-refractivity contribution in [1.29, 1.82) is 0 Å². The van der Waals surface area contributed by atoms with Crippen LogP contribution >= 0.6 is 0 Å². The van der Waals surface area contributed by atoms with Crippen LogP contribution in [0, 0.1) is 19.8 Å². The van der Waals surface area contributed by atoms with E-state index in [-0.39, 0.29) is 18.2 Å². The Labute approximate surface area is 133 Å². The number of rotatable bonds is 4. The van der Waals surface area contributed by atoms with Gasteiger partial charge < -0.3 is 9.42 Å². The Morgan fingerprint density at radius 3 is 2.70 bits per heavy atom. The van der Waals surface area contributed by atoms with Crippen LogP contribution in [0.1, 0.15) is 28.1 Å². The Balaban J connectivity index is 1.83. The fraction of sp³-hybridized carbons (Fsp3) is 0.412. The maximum absolute atomic E-state index is 12.7. The molecule has 0 bridgehead atoms. The van der Waals surface area contributed by atoms with Crippen LogP contribution in [0.4, 0.5) is 8.78 Å². The van der Waals surface area contributed by atoms with E-state index in [0.717, 1.165) is 11.1 Å². The molecule has 0 N–H and O–H groups in total. The number of amides is 1. The maximum atomic E-state index is 12.7. The first-order valence-corrected chi connectivity index (χ1v) is 7.57. The predicted octanol–water partition coefficient (Wildman–Crippen LogP) is 3.69. The second kappa shape index (κ2) is 6.10. The van der Waals surface area contributed by atoms with Gasteiger partial charge in [-0.15, -0.1) is 0 Å². The van der Waals surface area contributed by atoms with Crippen molar-refractivity contribution in [3.63, 3.8) is 0 Å². The standard InChI is InChI=1S/C17H18F2N2O2/c1-10-5-3-4-6-13(10)16-15(11(2)23-20-16)17(22)21-8-12(9-21)7-14(18)19/h3-6,12,14H,7-9H2,1-2H3.